The summed E-state index contributed by atoms with van der Waals surface area (Å²) in [6, 6.07) is 6.57. The van der Waals surface area contributed by atoms with Gasteiger partial charge in [-0.1, -0.05) is 32.9 Å². The lowest BCUT2D eigenvalue weighted by Gasteiger charge is -2.23. The number of hydrogen-bond donors (Lipinski definition) is 3. The number of fused-ring (bicyclic) bond motifs is 2. The van der Waals surface area contributed by atoms with Crippen LogP contribution in [-0.4, -0.2) is 26.1 Å². The lowest BCUT2D eigenvalue weighted by molar-refractivity contribution is 0.564. The second kappa shape index (κ2) is 6.40. The first-order valence-electron chi connectivity index (χ1n) is 9.44. The van der Waals surface area contributed by atoms with E-state index in [0.29, 0.717) is 11.5 Å². The van der Waals surface area contributed by atoms with E-state index in [1.807, 2.05) is 0 Å². The average Bonchev–Trinajstić information content (AvgIpc) is 3.02. The minimum Gasteiger partial charge on any atom is -0.385 e. The van der Waals surface area contributed by atoms with Crippen molar-refractivity contribution in [2.24, 2.45) is 0 Å². The van der Waals surface area contributed by atoms with Gasteiger partial charge < -0.3 is 10.6 Å². The average molecular weight is 366 g/mol. The summed E-state index contributed by atoms with van der Waals surface area (Å²) in [4.78, 5) is 16.9. The molecule has 7 nitrogen and oxygen atoms in total. The van der Waals surface area contributed by atoms with Gasteiger partial charge in [-0.05, 0) is 37.0 Å². The standard InChI is InChI=1S/C20H26N6O/c1-12(13-7-8-15-14(10-13)6-5-9-21-15)22-17-18-24-25-19(27)26(18)11-16(23-17)20(2,3)4/h7-8,10-12,21H,5-6,9H2,1-4H3,(H,22,23)(H,25,27). The molecule has 1 aliphatic rings. The molecule has 3 aromatic rings. The van der Waals surface area contributed by atoms with Gasteiger partial charge in [-0.25, -0.2) is 19.3 Å². The molecule has 0 saturated carbocycles. The fraction of sp³-hybridized carbons (Fsp3) is 0.450. The Morgan fingerprint density at radius 3 is 2.89 bits per heavy atom. The van der Waals surface area contributed by atoms with Crippen LogP contribution in [0.5, 0.6) is 0 Å². The minimum absolute atomic E-state index is 0.0375. The first-order chi connectivity index (χ1) is 12.8. The second-order valence-electron chi connectivity index (χ2n) is 8.26. The van der Waals surface area contributed by atoms with Crippen molar-refractivity contribution < 1.29 is 0 Å². The molecule has 0 fully saturated rings. The molecule has 3 N–H and O–H groups in total. The van der Waals surface area contributed by atoms with Crippen LogP contribution >= 0.6 is 0 Å². The highest BCUT2D eigenvalue weighted by molar-refractivity contribution is 5.63. The Hall–Kier alpha value is -2.83. The molecule has 0 radical (unpaired) electrons. The molecule has 27 heavy (non-hydrogen) atoms. The van der Waals surface area contributed by atoms with Gasteiger partial charge >= 0.3 is 5.69 Å². The molecule has 1 aliphatic heterocycles. The van der Waals surface area contributed by atoms with Crippen LogP contribution < -0.4 is 16.3 Å². The van der Waals surface area contributed by atoms with Crippen molar-refractivity contribution in [1.82, 2.24) is 19.6 Å². The molecule has 0 bridgehead atoms. The van der Waals surface area contributed by atoms with Crippen molar-refractivity contribution in [3.63, 3.8) is 0 Å². The number of aryl methyl sites for hydroxylation is 1. The van der Waals surface area contributed by atoms with Crippen LogP contribution in [0.15, 0.2) is 29.2 Å². The summed E-state index contributed by atoms with van der Waals surface area (Å²) in [6.07, 6.45) is 4.02. The number of aromatic nitrogens is 4. The van der Waals surface area contributed by atoms with Gasteiger partial charge in [0, 0.05) is 23.8 Å². The third-order valence-corrected chi connectivity index (χ3v) is 5.09. The summed E-state index contributed by atoms with van der Waals surface area (Å²) < 4.78 is 1.53. The van der Waals surface area contributed by atoms with Crippen molar-refractivity contribution in [2.75, 3.05) is 17.2 Å². The fourth-order valence-electron chi connectivity index (χ4n) is 3.42. The molecule has 7 heteroatoms. The van der Waals surface area contributed by atoms with Gasteiger partial charge in [0.1, 0.15) is 0 Å². The molecule has 1 unspecified atom stereocenters. The van der Waals surface area contributed by atoms with Crippen molar-refractivity contribution in [3.8, 4) is 0 Å². The molecule has 1 atom stereocenters. The Morgan fingerprint density at radius 1 is 1.30 bits per heavy atom. The lowest BCUT2D eigenvalue weighted by Crippen LogP contribution is -2.20. The first-order valence-corrected chi connectivity index (χ1v) is 9.44. The quantitative estimate of drug-likeness (QED) is 0.662. The van der Waals surface area contributed by atoms with Gasteiger partial charge in [0.2, 0.25) is 5.65 Å². The minimum atomic E-state index is -0.256. The van der Waals surface area contributed by atoms with E-state index >= 15 is 0 Å². The lowest BCUT2D eigenvalue weighted by atomic mass is 9.92. The molecule has 2 aromatic heterocycles. The Bertz CT molecular complexity index is 1040. The maximum Gasteiger partial charge on any atom is 0.347 e. The normalized spacial score (nSPS) is 15.3. The van der Waals surface area contributed by atoms with E-state index in [9.17, 15) is 4.79 Å². The predicted octanol–water partition coefficient (Wildman–Crippen LogP) is 3.25. The Balaban J connectivity index is 1.71. The Morgan fingerprint density at radius 2 is 2.11 bits per heavy atom. The fourth-order valence-corrected chi connectivity index (χ4v) is 3.42. The Labute approximate surface area is 158 Å². The summed E-state index contributed by atoms with van der Waals surface area (Å²) in [5.74, 6) is 0.615. The molecule has 3 heterocycles. The number of nitrogens with zero attached hydrogens (tertiary/aromatic N) is 3. The van der Waals surface area contributed by atoms with Crippen molar-refractivity contribution in [3.05, 3.63) is 51.7 Å². The summed E-state index contributed by atoms with van der Waals surface area (Å²) in [5, 5.41) is 13.6. The number of anilines is 2. The molecule has 0 aliphatic carbocycles. The third kappa shape index (κ3) is 3.29. The second-order valence-corrected chi connectivity index (χ2v) is 8.26. The third-order valence-electron chi connectivity index (χ3n) is 5.09. The SMILES string of the molecule is CC(Nc1nc(C(C)(C)C)cn2c(=O)[nH]nc12)c1ccc2c(c1)CCCN2. The summed E-state index contributed by atoms with van der Waals surface area (Å²) in [5.41, 5.74) is 4.69. The summed E-state index contributed by atoms with van der Waals surface area (Å²) >= 11 is 0. The molecule has 142 valence electrons. The molecule has 4 rings (SSSR count). The van der Waals surface area contributed by atoms with E-state index in [1.54, 1.807) is 6.20 Å². The van der Waals surface area contributed by atoms with Crippen molar-refractivity contribution >= 4 is 17.2 Å². The van der Waals surface area contributed by atoms with Crippen LogP contribution in [0.4, 0.5) is 11.5 Å². The Kier molecular flexibility index (Phi) is 4.17. The molecule has 0 spiro atoms. The number of benzene rings is 1. The highest BCUT2D eigenvalue weighted by Crippen LogP contribution is 2.28. The first kappa shape index (κ1) is 17.6. The monoisotopic (exact) mass is 366 g/mol. The van der Waals surface area contributed by atoms with Gasteiger partial charge in [-0.15, -0.1) is 5.10 Å². The zero-order valence-corrected chi connectivity index (χ0v) is 16.3. The van der Waals surface area contributed by atoms with Gasteiger partial charge in [0.15, 0.2) is 5.82 Å². The van der Waals surface area contributed by atoms with Crippen LogP contribution in [0.25, 0.3) is 5.65 Å². The van der Waals surface area contributed by atoms with Crippen molar-refractivity contribution in [1.29, 1.82) is 0 Å². The van der Waals surface area contributed by atoms with Crippen LogP contribution in [0.2, 0.25) is 0 Å². The van der Waals surface area contributed by atoms with E-state index < -0.39 is 0 Å². The largest absolute Gasteiger partial charge is 0.385 e. The van der Waals surface area contributed by atoms with Gasteiger partial charge in [-0.2, -0.15) is 0 Å². The smallest absolute Gasteiger partial charge is 0.347 e. The van der Waals surface area contributed by atoms with E-state index in [0.717, 1.165) is 25.1 Å². The zero-order chi connectivity index (χ0) is 19.2. The maximum atomic E-state index is 12.1. The van der Waals surface area contributed by atoms with Crippen LogP contribution in [0.1, 0.15) is 57.0 Å². The highest BCUT2D eigenvalue weighted by atomic mass is 16.1. The van der Waals surface area contributed by atoms with E-state index in [2.05, 4.69) is 66.7 Å². The molecule has 0 amide bonds. The predicted molar refractivity (Wildman–Crippen MR) is 108 cm³/mol. The number of nitrogens with one attached hydrogen (secondary N) is 3. The van der Waals surface area contributed by atoms with E-state index in [-0.39, 0.29) is 17.1 Å². The number of aromatic amines is 1. The topological polar surface area (TPSA) is 87.1 Å². The van der Waals surface area contributed by atoms with Gasteiger partial charge in [0.05, 0.1) is 11.7 Å². The van der Waals surface area contributed by atoms with E-state index in [4.69, 9.17) is 4.98 Å². The summed E-state index contributed by atoms with van der Waals surface area (Å²) in [7, 11) is 0. The van der Waals surface area contributed by atoms with Crippen LogP contribution in [-0.2, 0) is 11.8 Å². The maximum absolute atomic E-state index is 12.1. The summed E-state index contributed by atoms with van der Waals surface area (Å²) in [6.45, 7) is 9.38. The van der Waals surface area contributed by atoms with Crippen LogP contribution in [0, 0.1) is 0 Å². The van der Waals surface area contributed by atoms with Crippen molar-refractivity contribution in [2.45, 2.75) is 52.0 Å². The molecular weight excluding hydrogens is 340 g/mol. The zero-order valence-electron chi connectivity index (χ0n) is 16.3. The van der Waals surface area contributed by atoms with Gasteiger partial charge in [-0.3, -0.25) is 0 Å². The molecule has 0 saturated heterocycles. The molecule has 1 aromatic carbocycles. The number of H-pyrrole nitrogens is 1. The highest BCUT2D eigenvalue weighted by Gasteiger charge is 2.21. The van der Waals surface area contributed by atoms with Gasteiger partial charge in [0.25, 0.3) is 0 Å². The number of hydrogen-bond acceptors (Lipinski definition) is 5. The number of rotatable bonds is 3. The molecular formula is C20H26N6O. The van der Waals surface area contributed by atoms with E-state index in [1.165, 1.54) is 21.2 Å². The van der Waals surface area contributed by atoms with Crippen LogP contribution in [0.3, 0.4) is 0 Å².